The lowest BCUT2D eigenvalue weighted by Gasteiger charge is -2.32. The first-order chi connectivity index (χ1) is 28.3. The summed E-state index contributed by atoms with van der Waals surface area (Å²) >= 11 is 1.93. The van der Waals surface area contributed by atoms with E-state index >= 15 is 0 Å². The summed E-state index contributed by atoms with van der Waals surface area (Å²) in [5, 5.41) is 7.83. The van der Waals surface area contributed by atoms with E-state index in [-0.39, 0.29) is 10.8 Å². The number of nitrogens with zero attached hydrogens (tertiary/aromatic N) is 1. The largest absolute Gasteiger partial charge is 0.309 e. The van der Waals surface area contributed by atoms with E-state index in [0.29, 0.717) is 0 Å². The smallest absolute Gasteiger partial charge is 0.0633 e. The zero-order valence-electron chi connectivity index (χ0n) is 33.1. The molecule has 2 aliphatic carbocycles. The Morgan fingerprint density at radius 2 is 0.845 bits per heavy atom. The Kier molecular flexibility index (Phi) is 6.97. The maximum Gasteiger partial charge on any atom is 0.0633 e. The van der Waals surface area contributed by atoms with Gasteiger partial charge in [-0.25, -0.2) is 0 Å². The van der Waals surface area contributed by atoms with Crippen molar-refractivity contribution in [2.45, 2.75) is 38.5 Å². The van der Waals surface area contributed by atoms with Gasteiger partial charge in [0, 0.05) is 53.3 Å². The molecule has 1 heterocycles. The van der Waals surface area contributed by atoms with Crippen LogP contribution in [0.15, 0.2) is 176 Å². The first-order valence-corrected chi connectivity index (χ1v) is 21.3. The third kappa shape index (κ3) is 4.52. The van der Waals surface area contributed by atoms with Crippen LogP contribution in [0, 0.1) is 0 Å². The van der Waals surface area contributed by atoms with E-state index in [4.69, 9.17) is 0 Å². The van der Waals surface area contributed by atoms with Crippen LogP contribution < -0.4 is 4.90 Å². The van der Waals surface area contributed by atoms with Crippen molar-refractivity contribution in [1.29, 1.82) is 0 Å². The van der Waals surface area contributed by atoms with Gasteiger partial charge in [0.15, 0.2) is 0 Å². The Bertz CT molecular complexity index is 3240. The van der Waals surface area contributed by atoms with Gasteiger partial charge in [-0.15, -0.1) is 11.3 Å². The molecule has 0 unspecified atom stereocenters. The van der Waals surface area contributed by atoms with Crippen molar-refractivity contribution in [3.63, 3.8) is 0 Å². The van der Waals surface area contributed by atoms with Crippen molar-refractivity contribution in [3.8, 4) is 33.4 Å². The van der Waals surface area contributed by atoms with Gasteiger partial charge in [0.05, 0.1) is 5.69 Å². The Morgan fingerprint density at radius 1 is 0.379 bits per heavy atom. The number of benzene rings is 9. The van der Waals surface area contributed by atoms with E-state index in [1.54, 1.807) is 0 Å². The van der Waals surface area contributed by atoms with Crippen LogP contribution in [0.3, 0.4) is 0 Å². The molecule has 0 N–H and O–H groups in total. The Hall–Kier alpha value is -6.48. The van der Waals surface area contributed by atoms with Crippen LogP contribution in [0.5, 0.6) is 0 Å². The van der Waals surface area contributed by atoms with Crippen LogP contribution in [0.2, 0.25) is 0 Å². The second-order valence-corrected chi connectivity index (χ2v) is 18.3. The fraction of sp³-hybridized carbons (Fsp3) is 0.107. The molecule has 10 aromatic rings. The number of thiophene rings is 1. The van der Waals surface area contributed by atoms with Crippen molar-refractivity contribution in [2.75, 3.05) is 4.90 Å². The molecule has 0 radical (unpaired) electrons. The zero-order chi connectivity index (χ0) is 38.9. The minimum absolute atomic E-state index is 0.145. The van der Waals surface area contributed by atoms with Crippen LogP contribution in [-0.2, 0) is 10.8 Å². The van der Waals surface area contributed by atoms with Crippen molar-refractivity contribution >= 4 is 70.1 Å². The van der Waals surface area contributed by atoms with Gasteiger partial charge >= 0.3 is 0 Å². The SMILES string of the molecule is CC1(C)c2ccccc2-c2ccc(N(c3ccc4c(c3)C(C)(C)c3ccccc3-4)c3c(-c4ccccc4)ccc4sc5c6ccccc6c6ccccc6c5c34)cc21. The number of hydrogen-bond acceptors (Lipinski definition) is 2. The van der Waals surface area contributed by atoms with Crippen molar-refractivity contribution in [2.24, 2.45) is 0 Å². The molecular formula is C56H41NS. The summed E-state index contributed by atoms with van der Waals surface area (Å²) in [6.45, 7) is 9.56. The average molecular weight is 760 g/mol. The number of anilines is 3. The highest BCUT2D eigenvalue weighted by Crippen LogP contribution is 2.57. The van der Waals surface area contributed by atoms with Crippen LogP contribution >= 0.6 is 11.3 Å². The molecule has 12 rings (SSSR count). The fourth-order valence-electron chi connectivity index (χ4n) is 10.6. The number of fused-ring (bicyclic) bond motifs is 14. The van der Waals surface area contributed by atoms with Gasteiger partial charge in [-0.1, -0.05) is 173 Å². The van der Waals surface area contributed by atoms with Gasteiger partial charge in [-0.05, 0) is 96.6 Å². The monoisotopic (exact) mass is 759 g/mol. The van der Waals surface area contributed by atoms with E-state index in [2.05, 4.69) is 209 Å². The molecular weight excluding hydrogens is 719 g/mol. The van der Waals surface area contributed by atoms with Crippen LogP contribution in [0.25, 0.3) is 75.1 Å². The standard InChI is InChI=1S/C56H41NS/c1-55(2)46-24-14-12-20-40(46)42-28-26-35(32-48(42)55)57(36-27-29-43-41-21-13-15-25-47(41)56(3,4)49(43)33-36)53-37(34-16-6-5-7-17-34)30-31-50-52(53)51-44-22-10-8-18-38(44)39-19-9-11-23-45(39)54(51)58-50/h5-33H,1-4H3. The summed E-state index contributed by atoms with van der Waals surface area (Å²) in [5.41, 5.74) is 16.5. The first-order valence-electron chi connectivity index (χ1n) is 20.4. The van der Waals surface area contributed by atoms with E-state index in [1.807, 2.05) is 11.3 Å². The molecule has 0 saturated heterocycles. The molecule has 1 aromatic heterocycles. The van der Waals surface area contributed by atoms with Crippen molar-refractivity contribution in [3.05, 3.63) is 198 Å². The lowest BCUT2D eigenvalue weighted by Crippen LogP contribution is -2.18. The van der Waals surface area contributed by atoms with Crippen LogP contribution in [0.1, 0.15) is 49.9 Å². The molecule has 0 aliphatic heterocycles. The lowest BCUT2D eigenvalue weighted by molar-refractivity contribution is 0.660. The maximum atomic E-state index is 2.61. The predicted molar refractivity (Wildman–Crippen MR) is 250 cm³/mol. The molecule has 0 fully saturated rings. The summed E-state index contributed by atoms with van der Waals surface area (Å²) in [7, 11) is 0. The third-order valence-electron chi connectivity index (χ3n) is 13.4. The van der Waals surface area contributed by atoms with Gasteiger partial charge in [-0.3, -0.25) is 0 Å². The van der Waals surface area contributed by atoms with E-state index in [9.17, 15) is 0 Å². The summed E-state index contributed by atoms with van der Waals surface area (Å²) in [6, 6.07) is 66.2. The third-order valence-corrected chi connectivity index (χ3v) is 14.6. The molecule has 58 heavy (non-hydrogen) atoms. The first kappa shape index (κ1) is 33.6. The molecule has 9 aromatic carbocycles. The molecule has 0 saturated carbocycles. The summed E-state index contributed by atoms with van der Waals surface area (Å²) in [4.78, 5) is 2.61. The Labute approximate surface area is 343 Å². The zero-order valence-corrected chi connectivity index (χ0v) is 33.9. The second-order valence-electron chi connectivity index (χ2n) is 17.2. The van der Waals surface area contributed by atoms with Gasteiger partial charge in [0.1, 0.15) is 0 Å². The lowest BCUT2D eigenvalue weighted by atomic mass is 9.82. The normalized spacial score (nSPS) is 14.5. The van der Waals surface area contributed by atoms with Crippen molar-refractivity contribution < 1.29 is 0 Å². The highest BCUT2D eigenvalue weighted by molar-refractivity contribution is 7.27. The average Bonchev–Trinajstić information content (AvgIpc) is 3.85. The fourth-order valence-corrected chi connectivity index (χ4v) is 11.9. The van der Waals surface area contributed by atoms with E-state index < -0.39 is 0 Å². The predicted octanol–water partition coefficient (Wildman–Crippen LogP) is 16.1. The minimum Gasteiger partial charge on any atom is -0.309 e. The summed E-state index contributed by atoms with van der Waals surface area (Å²) < 4.78 is 2.63. The van der Waals surface area contributed by atoms with Crippen LogP contribution in [-0.4, -0.2) is 0 Å². The Morgan fingerprint density at radius 3 is 1.45 bits per heavy atom. The molecule has 0 bridgehead atoms. The maximum absolute atomic E-state index is 2.61. The number of rotatable bonds is 4. The number of hydrogen-bond donors (Lipinski definition) is 0. The highest BCUT2D eigenvalue weighted by Gasteiger charge is 2.38. The van der Waals surface area contributed by atoms with Gasteiger partial charge in [0.25, 0.3) is 0 Å². The van der Waals surface area contributed by atoms with Gasteiger partial charge < -0.3 is 4.90 Å². The molecule has 2 aliphatic rings. The minimum atomic E-state index is -0.145. The highest BCUT2D eigenvalue weighted by atomic mass is 32.1. The molecule has 276 valence electrons. The van der Waals surface area contributed by atoms with Crippen molar-refractivity contribution in [1.82, 2.24) is 0 Å². The quantitative estimate of drug-likeness (QED) is 0.162. The molecule has 0 spiro atoms. The van der Waals surface area contributed by atoms with E-state index in [1.165, 1.54) is 114 Å². The molecule has 0 amide bonds. The second kappa shape index (κ2) is 12.0. The van der Waals surface area contributed by atoms with E-state index in [0.717, 1.165) is 0 Å². The Balaban J connectivity index is 1.24. The topological polar surface area (TPSA) is 3.24 Å². The summed E-state index contributed by atoms with van der Waals surface area (Å²) in [5.74, 6) is 0. The molecule has 0 atom stereocenters. The van der Waals surface area contributed by atoms with Crippen LogP contribution in [0.4, 0.5) is 17.1 Å². The summed E-state index contributed by atoms with van der Waals surface area (Å²) in [6.07, 6.45) is 0. The van der Waals surface area contributed by atoms with Gasteiger partial charge in [0.2, 0.25) is 0 Å². The van der Waals surface area contributed by atoms with Gasteiger partial charge in [-0.2, -0.15) is 0 Å². The molecule has 2 heteroatoms. The molecule has 1 nitrogen and oxygen atoms in total.